The van der Waals surface area contributed by atoms with Gasteiger partial charge in [0.2, 0.25) is 5.91 Å². The van der Waals surface area contributed by atoms with Gasteiger partial charge in [-0.05, 0) is 64.2 Å². The van der Waals surface area contributed by atoms with E-state index < -0.39 is 35.9 Å². The first-order chi connectivity index (χ1) is 15.2. The highest BCUT2D eigenvalue weighted by atomic mass is 32.1. The molecular formula is C22H25N3O6S. The maximum Gasteiger partial charge on any atom is 0.341 e. The molecule has 2 N–H and O–H groups in total. The van der Waals surface area contributed by atoms with Gasteiger partial charge in [-0.1, -0.05) is 0 Å². The van der Waals surface area contributed by atoms with Crippen molar-refractivity contribution in [1.29, 1.82) is 0 Å². The van der Waals surface area contributed by atoms with E-state index in [9.17, 15) is 19.2 Å². The van der Waals surface area contributed by atoms with Gasteiger partial charge >= 0.3 is 12.0 Å². The minimum Gasteiger partial charge on any atom is -0.466 e. The standard InChI is InChI=1S/C22H25N3O6S/c1-12(2)31-19(27)17-13-7-4-5-8-14(13)32-18(17)23-16(26)11-25-20(28)22(3,24-21(25)29)15-9-6-10-30-15/h6,9-10,12H,4-5,7-8,11H2,1-3H3,(H,23,26)(H,24,29). The molecule has 1 atom stereocenters. The molecular weight excluding hydrogens is 434 g/mol. The zero-order valence-electron chi connectivity index (χ0n) is 18.1. The van der Waals surface area contributed by atoms with Gasteiger partial charge in [-0.15, -0.1) is 11.3 Å². The van der Waals surface area contributed by atoms with Gasteiger partial charge in [0.1, 0.15) is 17.3 Å². The molecule has 3 heterocycles. The minimum atomic E-state index is -1.38. The van der Waals surface area contributed by atoms with Crippen LogP contribution in [0.5, 0.6) is 0 Å². The molecule has 4 rings (SSSR count). The van der Waals surface area contributed by atoms with Crippen LogP contribution in [-0.4, -0.2) is 41.4 Å². The number of carbonyl (C=O) groups is 4. The maximum atomic E-state index is 12.9. The van der Waals surface area contributed by atoms with Crippen LogP contribution in [0.15, 0.2) is 22.8 Å². The molecule has 0 radical (unpaired) electrons. The number of ether oxygens (including phenoxy) is 1. The zero-order valence-corrected chi connectivity index (χ0v) is 19.0. The number of nitrogens with zero attached hydrogens (tertiary/aromatic N) is 1. The van der Waals surface area contributed by atoms with Crippen LogP contribution in [0.1, 0.15) is 60.2 Å². The Morgan fingerprint density at radius 3 is 2.75 bits per heavy atom. The van der Waals surface area contributed by atoms with E-state index in [0.717, 1.165) is 41.0 Å². The predicted octanol–water partition coefficient (Wildman–Crippen LogP) is 3.19. The quantitative estimate of drug-likeness (QED) is 0.506. The number of thiophene rings is 1. The third kappa shape index (κ3) is 3.90. The van der Waals surface area contributed by atoms with Crippen LogP contribution in [-0.2, 0) is 32.7 Å². The summed E-state index contributed by atoms with van der Waals surface area (Å²) in [7, 11) is 0. The highest BCUT2D eigenvalue weighted by Crippen LogP contribution is 2.39. The van der Waals surface area contributed by atoms with Crippen LogP contribution in [0, 0.1) is 0 Å². The molecule has 32 heavy (non-hydrogen) atoms. The Bertz CT molecular complexity index is 1070. The summed E-state index contributed by atoms with van der Waals surface area (Å²) in [6.45, 7) is 4.57. The highest BCUT2D eigenvalue weighted by Gasteiger charge is 2.51. The number of nitrogens with one attached hydrogen (secondary N) is 2. The lowest BCUT2D eigenvalue weighted by molar-refractivity contribution is -0.134. The molecule has 0 aromatic carbocycles. The molecule has 9 nitrogen and oxygen atoms in total. The second-order valence-corrected chi connectivity index (χ2v) is 9.45. The van der Waals surface area contributed by atoms with Gasteiger partial charge in [-0.3, -0.25) is 14.5 Å². The molecule has 10 heteroatoms. The number of carbonyl (C=O) groups excluding carboxylic acids is 4. The summed E-state index contributed by atoms with van der Waals surface area (Å²) in [5.74, 6) is -1.36. The van der Waals surface area contributed by atoms with Crippen molar-refractivity contribution in [3.05, 3.63) is 40.2 Å². The lowest BCUT2D eigenvalue weighted by Crippen LogP contribution is -2.41. The SMILES string of the molecule is CC(C)OC(=O)c1c(NC(=O)CN2C(=O)NC(C)(c3ccco3)C2=O)sc2c1CCCC2. The van der Waals surface area contributed by atoms with Gasteiger partial charge in [-0.2, -0.15) is 0 Å². The molecule has 1 fully saturated rings. The Hall–Kier alpha value is -3.14. The number of esters is 1. The van der Waals surface area contributed by atoms with Crippen LogP contribution in [0.3, 0.4) is 0 Å². The van der Waals surface area contributed by atoms with Crippen molar-refractivity contribution < 1.29 is 28.3 Å². The van der Waals surface area contributed by atoms with Crippen molar-refractivity contribution in [2.75, 3.05) is 11.9 Å². The van der Waals surface area contributed by atoms with E-state index in [1.54, 1.807) is 26.0 Å². The number of anilines is 1. The minimum absolute atomic E-state index is 0.281. The highest BCUT2D eigenvalue weighted by molar-refractivity contribution is 7.17. The number of furan rings is 1. The molecule has 1 aliphatic heterocycles. The summed E-state index contributed by atoms with van der Waals surface area (Å²) in [6.07, 6.45) is 4.69. The lowest BCUT2D eigenvalue weighted by atomic mass is 9.95. The van der Waals surface area contributed by atoms with Crippen molar-refractivity contribution in [2.24, 2.45) is 0 Å². The fourth-order valence-corrected chi connectivity index (χ4v) is 5.32. The Balaban J connectivity index is 1.53. The second-order valence-electron chi connectivity index (χ2n) is 8.34. The van der Waals surface area contributed by atoms with Crippen LogP contribution in [0.4, 0.5) is 9.80 Å². The zero-order chi connectivity index (χ0) is 23.0. The topological polar surface area (TPSA) is 118 Å². The van der Waals surface area contributed by atoms with Crippen molar-refractivity contribution in [1.82, 2.24) is 10.2 Å². The number of fused-ring (bicyclic) bond motifs is 1. The smallest absolute Gasteiger partial charge is 0.341 e. The first-order valence-corrected chi connectivity index (χ1v) is 11.4. The summed E-state index contributed by atoms with van der Waals surface area (Å²) in [5, 5.41) is 5.72. The van der Waals surface area contributed by atoms with Crippen molar-refractivity contribution >= 4 is 40.2 Å². The van der Waals surface area contributed by atoms with Crippen LogP contribution >= 0.6 is 11.3 Å². The van der Waals surface area contributed by atoms with Gasteiger partial charge in [0.25, 0.3) is 5.91 Å². The first kappa shape index (κ1) is 22.1. The van der Waals surface area contributed by atoms with Crippen molar-refractivity contribution in [2.45, 2.75) is 58.1 Å². The fraction of sp³-hybridized carbons (Fsp3) is 0.455. The van der Waals surface area contributed by atoms with Crippen molar-refractivity contribution in [3.63, 3.8) is 0 Å². The van der Waals surface area contributed by atoms with Gasteiger partial charge in [0.15, 0.2) is 5.54 Å². The molecule has 1 saturated heterocycles. The van der Waals surface area contributed by atoms with Crippen LogP contribution in [0.25, 0.3) is 0 Å². The number of imide groups is 1. The third-order valence-electron chi connectivity index (χ3n) is 5.56. The molecule has 2 aromatic rings. The Morgan fingerprint density at radius 1 is 1.31 bits per heavy atom. The van der Waals surface area contributed by atoms with E-state index in [1.807, 2.05) is 0 Å². The number of rotatable bonds is 6. The van der Waals surface area contributed by atoms with Gasteiger partial charge in [-0.25, -0.2) is 9.59 Å². The number of hydrogen-bond donors (Lipinski definition) is 2. The number of aryl methyl sites for hydroxylation is 1. The van der Waals surface area contributed by atoms with Crippen molar-refractivity contribution in [3.8, 4) is 0 Å². The molecule has 2 aromatic heterocycles. The Kier molecular flexibility index (Phi) is 5.81. The molecule has 1 unspecified atom stereocenters. The average molecular weight is 460 g/mol. The van der Waals surface area contributed by atoms with Crippen LogP contribution < -0.4 is 10.6 Å². The summed E-state index contributed by atoms with van der Waals surface area (Å²) in [6, 6.07) is 2.52. The third-order valence-corrected chi connectivity index (χ3v) is 6.77. The summed E-state index contributed by atoms with van der Waals surface area (Å²) < 4.78 is 10.7. The molecule has 0 spiro atoms. The van der Waals surface area contributed by atoms with Crippen LogP contribution in [0.2, 0.25) is 0 Å². The lowest BCUT2D eigenvalue weighted by Gasteiger charge is -2.18. The number of urea groups is 1. The van der Waals surface area contributed by atoms with E-state index in [1.165, 1.54) is 24.5 Å². The number of hydrogen-bond acceptors (Lipinski definition) is 7. The molecule has 2 aliphatic rings. The maximum absolute atomic E-state index is 12.9. The summed E-state index contributed by atoms with van der Waals surface area (Å²) >= 11 is 1.35. The van der Waals surface area contributed by atoms with Gasteiger partial charge in [0.05, 0.1) is 17.9 Å². The molecule has 1 aliphatic carbocycles. The Morgan fingerprint density at radius 2 is 2.06 bits per heavy atom. The Labute approximate surface area is 189 Å². The average Bonchev–Trinajstić information content (AvgIpc) is 3.42. The van der Waals surface area contributed by atoms with E-state index in [2.05, 4.69) is 10.6 Å². The molecule has 0 bridgehead atoms. The monoisotopic (exact) mass is 459 g/mol. The van der Waals surface area contributed by atoms with E-state index in [4.69, 9.17) is 9.15 Å². The van der Waals surface area contributed by atoms with E-state index >= 15 is 0 Å². The molecule has 170 valence electrons. The molecule has 0 saturated carbocycles. The fourth-order valence-electron chi connectivity index (χ4n) is 4.02. The van der Waals surface area contributed by atoms with E-state index in [0.29, 0.717) is 10.6 Å². The molecule has 4 amide bonds. The largest absolute Gasteiger partial charge is 0.466 e. The number of amides is 4. The summed E-state index contributed by atoms with van der Waals surface area (Å²) in [4.78, 5) is 52.8. The first-order valence-electron chi connectivity index (χ1n) is 10.5. The summed E-state index contributed by atoms with van der Waals surface area (Å²) in [5.41, 5.74) is -0.0817. The van der Waals surface area contributed by atoms with E-state index in [-0.39, 0.29) is 11.9 Å². The predicted molar refractivity (Wildman–Crippen MR) is 116 cm³/mol. The van der Waals surface area contributed by atoms with Gasteiger partial charge < -0.3 is 19.8 Å². The second kappa shape index (κ2) is 8.42. The normalized spacial score (nSPS) is 20.3. The van der Waals surface area contributed by atoms with Gasteiger partial charge in [0, 0.05) is 4.88 Å².